The summed E-state index contributed by atoms with van der Waals surface area (Å²) in [5, 5.41) is 0. The van der Waals surface area contributed by atoms with Gasteiger partial charge in [0.1, 0.15) is 0 Å². The Balaban J connectivity index is 1.15. The average Bonchev–Trinajstić information content (AvgIpc) is 3.29. The van der Waals surface area contributed by atoms with Gasteiger partial charge in [-0.1, -0.05) is 231 Å². The third kappa shape index (κ3) is 7.64. The molecule has 8 rings (SSSR count). The van der Waals surface area contributed by atoms with Crippen LogP contribution in [0.3, 0.4) is 0 Å². The lowest BCUT2D eigenvalue weighted by Gasteiger charge is -2.18. The predicted octanol–water partition coefficient (Wildman–Crippen LogP) is 12.8. The van der Waals surface area contributed by atoms with Crippen LogP contribution in [0.25, 0.3) is 22.3 Å². The highest BCUT2D eigenvalue weighted by Crippen LogP contribution is 2.38. The number of carbonyl (C=O) groups is 2. The lowest BCUT2D eigenvalue weighted by Crippen LogP contribution is -2.14. The van der Waals surface area contributed by atoms with Gasteiger partial charge in [-0.15, -0.1) is 0 Å². The van der Waals surface area contributed by atoms with Crippen LogP contribution in [0.15, 0.2) is 231 Å². The van der Waals surface area contributed by atoms with E-state index in [0.29, 0.717) is 11.1 Å². The van der Waals surface area contributed by atoms with Crippen molar-refractivity contribution < 1.29 is 9.59 Å². The summed E-state index contributed by atoms with van der Waals surface area (Å²) < 4.78 is 0. The largest absolute Gasteiger partial charge is 0.285 e. The molecular formula is C54H38O2. The third-order valence-corrected chi connectivity index (χ3v) is 9.95. The van der Waals surface area contributed by atoms with Gasteiger partial charge in [-0.3, -0.25) is 9.59 Å². The smallest absolute Gasteiger partial charge is 0.233 e. The van der Waals surface area contributed by atoms with Crippen LogP contribution in [-0.2, 0) is 0 Å². The van der Waals surface area contributed by atoms with Gasteiger partial charge in [0.2, 0.25) is 11.6 Å². The molecule has 0 N–H and O–H groups in total. The van der Waals surface area contributed by atoms with Crippen LogP contribution in [-0.4, -0.2) is 11.6 Å². The van der Waals surface area contributed by atoms with E-state index < -0.39 is 11.6 Å². The van der Waals surface area contributed by atoms with E-state index in [-0.39, 0.29) is 0 Å². The molecule has 0 atom stereocenters. The second-order valence-electron chi connectivity index (χ2n) is 13.5. The summed E-state index contributed by atoms with van der Waals surface area (Å²) in [6.45, 7) is 0. The summed E-state index contributed by atoms with van der Waals surface area (Å²) in [6, 6.07) is 76.9. The Hall–Kier alpha value is -7.42. The summed E-state index contributed by atoms with van der Waals surface area (Å²) in [5.74, 6) is -1.09. The molecule has 0 fully saturated rings. The maximum Gasteiger partial charge on any atom is 0.233 e. The molecule has 0 radical (unpaired) electrons. The second-order valence-corrected chi connectivity index (χ2v) is 13.5. The fourth-order valence-corrected chi connectivity index (χ4v) is 7.29. The lowest BCUT2D eigenvalue weighted by molar-refractivity contribution is 0.0817. The second kappa shape index (κ2) is 16.7. The SMILES string of the molecule is O=C(C(=O)c1ccc(C(=C(c2ccccc2)c2ccccc2)c2ccccc2)cc1)c1ccc(C(=C(c2ccccc2)c2ccccc2)c2ccccc2)cc1. The Morgan fingerprint density at radius 1 is 0.179 bits per heavy atom. The number of hydrogen-bond donors (Lipinski definition) is 0. The Kier molecular flexibility index (Phi) is 10.6. The fourth-order valence-electron chi connectivity index (χ4n) is 7.29. The molecule has 0 unspecified atom stereocenters. The van der Waals surface area contributed by atoms with Crippen LogP contribution in [0.1, 0.15) is 65.2 Å². The maximum absolute atomic E-state index is 13.8. The molecule has 0 aliphatic rings. The first-order valence-corrected chi connectivity index (χ1v) is 18.8. The zero-order valence-corrected chi connectivity index (χ0v) is 30.8. The van der Waals surface area contributed by atoms with Gasteiger partial charge in [-0.2, -0.15) is 0 Å². The molecular weight excluding hydrogens is 681 g/mol. The Morgan fingerprint density at radius 2 is 0.321 bits per heavy atom. The van der Waals surface area contributed by atoms with E-state index >= 15 is 0 Å². The van der Waals surface area contributed by atoms with E-state index in [1.165, 1.54) is 0 Å². The quantitative estimate of drug-likeness (QED) is 0.0758. The van der Waals surface area contributed by atoms with Gasteiger partial charge in [0.05, 0.1) is 0 Å². The van der Waals surface area contributed by atoms with Gasteiger partial charge in [-0.05, 0) is 66.8 Å². The van der Waals surface area contributed by atoms with Gasteiger partial charge in [0.15, 0.2) is 0 Å². The first-order chi connectivity index (χ1) is 27.7. The van der Waals surface area contributed by atoms with Crippen LogP contribution in [0.5, 0.6) is 0 Å². The summed E-state index contributed by atoms with van der Waals surface area (Å²) in [6.07, 6.45) is 0. The molecule has 0 saturated carbocycles. The van der Waals surface area contributed by atoms with Crippen LogP contribution < -0.4 is 0 Å². The van der Waals surface area contributed by atoms with Gasteiger partial charge < -0.3 is 0 Å². The molecule has 2 nitrogen and oxygen atoms in total. The van der Waals surface area contributed by atoms with Gasteiger partial charge in [0.25, 0.3) is 0 Å². The van der Waals surface area contributed by atoms with Crippen molar-refractivity contribution in [2.24, 2.45) is 0 Å². The van der Waals surface area contributed by atoms with Crippen LogP contribution in [0.4, 0.5) is 0 Å². The fraction of sp³-hybridized carbons (Fsp3) is 0. The van der Waals surface area contributed by atoms with Crippen molar-refractivity contribution in [3.05, 3.63) is 286 Å². The molecule has 56 heavy (non-hydrogen) atoms. The Morgan fingerprint density at radius 3 is 0.500 bits per heavy atom. The van der Waals surface area contributed by atoms with Gasteiger partial charge >= 0.3 is 0 Å². The number of benzene rings is 8. The molecule has 8 aromatic carbocycles. The molecule has 0 aliphatic carbocycles. The molecule has 2 heteroatoms. The van der Waals surface area contributed by atoms with E-state index in [4.69, 9.17) is 0 Å². The summed E-state index contributed by atoms with van der Waals surface area (Å²) >= 11 is 0. The van der Waals surface area contributed by atoms with Crippen molar-refractivity contribution in [3.63, 3.8) is 0 Å². The minimum Gasteiger partial charge on any atom is -0.285 e. The first-order valence-electron chi connectivity index (χ1n) is 18.8. The van der Waals surface area contributed by atoms with E-state index in [9.17, 15) is 9.59 Å². The van der Waals surface area contributed by atoms with E-state index in [1.54, 1.807) is 24.3 Å². The van der Waals surface area contributed by atoms with Gasteiger partial charge in [-0.25, -0.2) is 0 Å². The van der Waals surface area contributed by atoms with Crippen LogP contribution in [0, 0.1) is 0 Å². The zero-order chi connectivity index (χ0) is 38.1. The highest BCUT2D eigenvalue weighted by molar-refractivity contribution is 6.49. The van der Waals surface area contributed by atoms with Crippen molar-refractivity contribution in [2.45, 2.75) is 0 Å². The molecule has 0 saturated heterocycles. The van der Waals surface area contributed by atoms with Crippen molar-refractivity contribution in [3.8, 4) is 0 Å². The monoisotopic (exact) mass is 718 g/mol. The molecule has 0 spiro atoms. The molecule has 0 heterocycles. The summed E-state index contributed by atoms with van der Waals surface area (Å²) in [4.78, 5) is 27.6. The summed E-state index contributed by atoms with van der Waals surface area (Å²) in [7, 11) is 0. The van der Waals surface area contributed by atoms with Crippen molar-refractivity contribution in [1.82, 2.24) is 0 Å². The zero-order valence-electron chi connectivity index (χ0n) is 30.8. The number of hydrogen-bond acceptors (Lipinski definition) is 2. The van der Waals surface area contributed by atoms with Crippen molar-refractivity contribution in [1.29, 1.82) is 0 Å². The summed E-state index contributed by atoms with van der Waals surface area (Å²) in [5.41, 5.74) is 13.3. The highest BCUT2D eigenvalue weighted by atomic mass is 16.2. The number of rotatable bonds is 11. The highest BCUT2D eigenvalue weighted by Gasteiger charge is 2.22. The van der Waals surface area contributed by atoms with E-state index in [2.05, 4.69) is 72.8 Å². The Labute approximate surface area is 328 Å². The maximum atomic E-state index is 13.8. The average molecular weight is 719 g/mol. The van der Waals surface area contributed by atoms with Crippen molar-refractivity contribution >= 4 is 33.9 Å². The van der Waals surface area contributed by atoms with Crippen LogP contribution >= 0.6 is 0 Å². The van der Waals surface area contributed by atoms with E-state index in [1.807, 2.05) is 133 Å². The number of Topliss-reactive ketones (excluding diaryl/α,β-unsaturated/α-hetero) is 2. The Bertz CT molecular complexity index is 2350. The minimum absolute atomic E-state index is 0.344. The normalized spacial score (nSPS) is 10.6. The standard InChI is InChI=1S/C54H38O2/c55-53(47-35-31-45(32-36-47)51(43-27-15-5-16-28-43)49(39-19-7-1-8-20-39)40-21-9-2-10-22-40)54(56)48-37-33-46(34-38-48)52(44-29-17-6-18-30-44)50(41-23-11-3-12-24-41)42-25-13-4-14-26-42/h1-38H. The molecule has 0 aliphatic heterocycles. The topological polar surface area (TPSA) is 34.1 Å². The molecule has 0 bridgehead atoms. The minimum atomic E-state index is -0.547. The number of carbonyl (C=O) groups excluding carboxylic acids is 2. The predicted molar refractivity (Wildman–Crippen MR) is 230 cm³/mol. The first kappa shape index (κ1) is 35.6. The lowest BCUT2D eigenvalue weighted by atomic mass is 9.85. The molecule has 8 aromatic rings. The number of ketones is 2. The molecule has 266 valence electrons. The van der Waals surface area contributed by atoms with Gasteiger partial charge in [0, 0.05) is 11.1 Å². The van der Waals surface area contributed by atoms with Crippen molar-refractivity contribution in [2.75, 3.05) is 0 Å². The third-order valence-electron chi connectivity index (χ3n) is 9.95. The molecule has 0 amide bonds. The van der Waals surface area contributed by atoms with E-state index in [0.717, 1.165) is 66.8 Å². The van der Waals surface area contributed by atoms with Crippen LogP contribution in [0.2, 0.25) is 0 Å². The molecule has 0 aromatic heterocycles.